The maximum absolute atomic E-state index is 3.58. The monoisotopic (exact) mass is 262 g/mol. The Bertz CT molecular complexity index is 376. The Morgan fingerprint density at radius 3 is 3.00 bits per heavy atom. The Morgan fingerprint density at radius 2 is 2.22 bits per heavy atom. The van der Waals surface area contributed by atoms with Crippen LogP contribution in [0.3, 0.4) is 0 Å². The molecular weight excluding hydrogens is 240 g/mol. The van der Waals surface area contributed by atoms with E-state index in [1.807, 2.05) is 0 Å². The van der Waals surface area contributed by atoms with Crippen LogP contribution in [0.15, 0.2) is 29.2 Å². The van der Waals surface area contributed by atoms with Crippen molar-refractivity contribution in [3.63, 3.8) is 0 Å². The van der Waals surface area contributed by atoms with E-state index in [2.05, 4.69) is 53.3 Å². The van der Waals surface area contributed by atoms with Crippen molar-refractivity contribution in [3.8, 4) is 0 Å². The van der Waals surface area contributed by atoms with E-state index in [1.165, 1.54) is 43.8 Å². The Kier molecular flexibility index (Phi) is 3.92. The smallest absolute Gasteiger partial charge is 0.0263 e. The Morgan fingerprint density at radius 1 is 1.33 bits per heavy atom. The standard InChI is InChI=1S/C15H22N2S/c1-17(10-13-6-4-8-16-13)11-14-9-12-5-2-3-7-15(12)18-14/h2-3,5,7,13-14,16H,4,6,8-11H2,1H3. The largest absolute Gasteiger partial charge is 0.313 e. The predicted octanol–water partition coefficient (Wildman–Crippen LogP) is 2.39. The fourth-order valence-electron chi connectivity index (χ4n) is 3.07. The lowest BCUT2D eigenvalue weighted by Gasteiger charge is -2.23. The molecule has 3 rings (SSSR count). The average molecular weight is 262 g/mol. The summed E-state index contributed by atoms with van der Waals surface area (Å²) in [7, 11) is 2.27. The second-order valence-corrected chi connectivity index (χ2v) is 6.91. The first-order valence-electron chi connectivity index (χ1n) is 6.98. The van der Waals surface area contributed by atoms with E-state index in [0.29, 0.717) is 0 Å². The fraction of sp³-hybridized carbons (Fsp3) is 0.600. The first-order valence-corrected chi connectivity index (χ1v) is 7.86. The van der Waals surface area contributed by atoms with Crippen molar-refractivity contribution in [1.82, 2.24) is 10.2 Å². The van der Waals surface area contributed by atoms with Gasteiger partial charge < -0.3 is 10.2 Å². The Labute approximate surface area is 114 Å². The molecular formula is C15H22N2S. The van der Waals surface area contributed by atoms with E-state index < -0.39 is 0 Å². The van der Waals surface area contributed by atoms with Crippen molar-refractivity contribution in [1.29, 1.82) is 0 Å². The average Bonchev–Trinajstić information content (AvgIpc) is 2.96. The Balaban J connectivity index is 1.49. The van der Waals surface area contributed by atoms with Crippen LogP contribution in [0, 0.1) is 0 Å². The van der Waals surface area contributed by atoms with E-state index >= 15 is 0 Å². The highest BCUT2D eigenvalue weighted by Crippen LogP contribution is 2.36. The van der Waals surface area contributed by atoms with Crippen LogP contribution in [0.1, 0.15) is 18.4 Å². The highest BCUT2D eigenvalue weighted by Gasteiger charge is 2.24. The van der Waals surface area contributed by atoms with Gasteiger partial charge in [-0.3, -0.25) is 0 Å². The number of fused-ring (bicyclic) bond motifs is 1. The zero-order valence-electron chi connectivity index (χ0n) is 11.1. The summed E-state index contributed by atoms with van der Waals surface area (Å²) in [6.45, 7) is 3.62. The third-order valence-corrected chi connectivity index (χ3v) is 5.22. The summed E-state index contributed by atoms with van der Waals surface area (Å²) in [4.78, 5) is 4.00. The molecule has 3 heteroatoms. The molecule has 1 N–H and O–H groups in total. The molecule has 2 nitrogen and oxygen atoms in total. The van der Waals surface area contributed by atoms with Gasteiger partial charge in [0, 0.05) is 29.3 Å². The van der Waals surface area contributed by atoms with Gasteiger partial charge in [-0.2, -0.15) is 0 Å². The number of likely N-dealkylation sites (N-methyl/N-ethyl adjacent to an activating group) is 1. The van der Waals surface area contributed by atoms with E-state index in [4.69, 9.17) is 0 Å². The van der Waals surface area contributed by atoms with Crippen LogP contribution in [0.5, 0.6) is 0 Å². The Hall–Kier alpha value is -0.510. The van der Waals surface area contributed by atoms with E-state index in [-0.39, 0.29) is 0 Å². The first kappa shape index (κ1) is 12.5. The van der Waals surface area contributed by atoms with E-state index in [9.17, 15) is 0 Å². The van der Waals surface area contributed by atoms with Crippen LogP contribution in [0.2, 0.25) is 0 Å². The summed E-state index contributed by atoms with van der Waals surface area (Å²) in [6, 6.07) is 9.58. The van der Waals surface area contributed by atoms with Gasteiger partial charge in [0.2, 0.25) is 0 Å². The highest BCUT2D eigenvalue weighted by molar-refractivity contribution is 8.00. The number of thioether (sulfide) groups is 1. The quantitative estimate of drug-likeness (QED) is 0.897. The van der Waals surface area contributed by atoms with Crippen molar-refractivity contribution >= 4 is 11.8 Å². The third-order valence-electron chi connectivity index (χ3n) is 3.92. The zero-order chi connectivity index (χ0) is 12.4. The van der Waals surface area contributed by atoms with Crippen LogP contribution in [0.4, 0.5) is 0 Å². The maximum Gasteiger partial charge on any atom is 0.0263 e. The molecule has 18 heavy (non-hydrogen) atoms. The molecule has 2 atom stereocenters. The minimum absolute atomic E-state index is 0.726. The molecule has 2 aliphatic heterocycles. The van der Waals surface area contributed by atoms with Crippen LogP contribution in [-0.2, 0) is 6.42 Å². The molecule has 0 aliphatic carbocycles. The second kappa shape index (κ2) is 5.64. The molecule has 98 valence electrons. The van der Waals surface area contributed by atoms with Gasteiger partial charge in [0.1, 0.15) is 0 Å². The summed E-state index contributed by atoms with van der Waals surface area (Å²) < 4.78 is 0. The molecule has 0 bridgehead atoms. The molecule has 2 aliphatic rings. The molecule has 1 aromatic rings. The van der Waals surface area contributed by atoms with Crippen molar-refractivity contribution in [3.05, 3.63) is 29.8 Å². The minimum atomic E-state index is 0.726. The summed E-state index contributed by atoms with van der Waals surface area (Å²) >= 11 is 2.06. The van der Waals surface area contributed by atoms with Gasteiger partial charge in [-0.05, 0) is 44.5 Å². The molecule has 0 aromatic heterocycles. The molecule has 2 heterocycles. The third kappa shape index (κ3) is 2.90. The molecule has 0 radical (unpaired) electrons. The second-order valence-electron chi connectivity index (χ2n) is 5.57. The number of nitrogens with zero attached hydrogens (tertiary/aromatic N) is 1. The summed E-state index contributed by atoms with van der Waals surface area (Å²) in [5, 5.41) is 4.33. The summed E-state index contributed by atoms with van der Waals surface area (Å²) in [6.07, 6.45) is 3.94. The fourth-order valence-corrected chi connectivity index (χ4v) is 4.48. The molecule has 0 saturated carbocycles. The molecule has 2 unspecified atom stereocenters. The lowest BCUT2D eigenvalue weighted by molar-refractivity contribution is 0.301. The van der Waals surface area contributed by atoms with Gasteiger partial charge in [-0.25, -0.2) is 0 Å². The lowest BCUT2D eigenvalue weighted by atomic mass is 10.1. The molecule has 1 saturated heterocycles. The van der Waals surface area contributed by atoms with Gasteiger partial charge in [-0.15, -0.1) is 11.8 Å². The maximum atomic E-state index is 3.58. The summed E-state index contributed by atoms with van der Waals surface area (Å²) in [5.41, 5.74) is 1.54. The van der Waals surface area contributed by atoms with Gasteiger partial charge in [-0.1, -0.05) is 18.2 Å². The van der Waals surface area contributed by atoms with E-state index in [1.54, 1.807) is 5.56 Å². The normalized spacial score (nSPS) is 26.8. The zero-order valence-corrected chi connectivity index (χ0v) is 11.9. The van der Waals surface area contributed by atoms with Crippen molar-refractivity contribution in [2.24, 2.45) is 0 Å². The van der Waals surface area contributed by atoms with Crippen LogP contribution < -0.4 is 5.32 Å². The highest BCUT2D eigenvalue weighted by atomic mass is 32.2. The number of nitrogens with one attached hydrogen (secondary N) is 1. The molecule has 0 amide bonds. The van der Waals surface area contributed by atoms with Crippen LogP contribution in [0.25, 0.3) is 0 Å². The molecule has 1 aromatic carbocycles. The van der Waals surface area contributed by atoms with Crippen LogP contribution in [-0.4, -0.2) is 42.9 Å². The minimum Gasteiger partial charge on any atom is -0.313 e. The summed E-state index contributed by atoms with van der Waals surface area (Å²) in [5.74, 6) is 0. The van der Waals surface area contributed by atoms with Crippen molar-refractivity contribution < 1.29 is 0 Å². The van der Waals surface area contributed by atoms with Crippen molar-refractivity contribution in [2.45, 2.75) is 35.4 Å². The van der Waals surface area contributed by atoms with Gasteiger partial charge in [0.05, 0.1) is 0 Å². The molecule has 0 spiro atoms. The number of benzene rings is 1. The first-order chi connectivity index (χ1) is 8.81. The number of rotatable bonds is 4. The van der Waals surface area contributed by atoms with Crippen molar-refractivity contribution in [2.75, 3.05) is 26.7 Å². The lowest BCUT2D eigenvalue weighted by Crippen LogP contribution is -2.38. The molecule has 1 fully saturated rings. The van der Waals surface area contributed by atoms with Gasteiger partial charge >= 0.3 is 0 Å². The topological polar surface area (TPSA) is 15.3 Å². The number of hydrogen-bond donors (Lipinski definition) is 1. The predicted molar refractivity (Wildman–Crippen MR) is 78.3 cm³/mol. The SMILES string of the molecule is CN(CC1CCCN1)CC1Cc2ccccc2S1. The van der Waals surface area contributed by atoms with Gasteiger partial charge in [0.15, 0.2) is 0 Å². The van der Waals surface area contributed by atoms with Crippen LogP contribution >= 0.6 is 11.8 Å². The number of hydrogen-bond acceptors (Lipinski definition) is 3. The van der Waals surface area contributed by atoms with E-state index in [0.717, 1.165) is 11.3 Å². The van der Waals surface area contributed by atoms with Gasteiger partial charge in [0.25, 0.3) is 0 Å².